The number of aromatic nitrogens is 2. The molecule has 1 aromatic carbocycles. The van der Waals surface area contributed by atoms with Crippen molar-refractivity contribution in [2.45, 2.75) is 13.0 Å². The Bertz CT molecular complexity index is 908. The highest BCUT2D eigenvalue weighted by atomic mass is 19.1. The van der Waals surface area contributed by atoms with Gasteiger partial charge in [-0.25, -0.2) is 4.98 Å². The molecule has 0 saturated carbocycles. The minimum atomic E-state index is -0.508. The largest absolute Gasteiger partial charge is 0.346 e. The molecule has 0 aliphatic heterocycles. The fraction of sp³-hybridized carbons (Fsp3) is 0.0952. The van der Waals surface area contributed by atoms with E-state index >= 15 is 0 Å². The molecule has 0 bridgehead atoms. The quantitative estimate of drug-likeness (QED) is 0.557. The molecule has 0 spiro atoms. The summed E-state index contributed by atoms with van der Waals surface area (Å²) >= 11 is 0. The summed E-state index contributed by atoms with van der Waals surface area (Å²) in [7, 11) is 0. The van der Waals surface area contributed by atoms with E-state index in [0.717, 1.165) is 22.3 Å². The van der Waals surface area contributed by atoms with E-state index in [9.17, 15) is 9.18 Å². The van der Waals surface area contributed by atoms with Gasteiger partial charge in [-0.1, -0.05) is 18.2 Å². The molecule has 5 heteroatoms. The summed E-state index contributed by atoms with van der Waals surface area (Å²) in [5.41, 5.74) is 3.61. The van der Waals surface area contributed by atoms with E-state index in [1.807, 2.05) is 43.3 Å². The molecule has 0 saturated heterocycles. The third-order valence-electron chi connectivity index (χ3n) is 3.94. The van der Waals surface area contributed by atoms with Gasteiger partial charge in [0.15, 0.2) is 0 Å². The van der Waals surface area contributed by atoms with Crippen LogP contribution in [0.15, 0.2) is 73.2 Å². The number of nitrogens with one attached hydrogen (secondary N) is 1. The fourth-order valence-electron chi connectivity index (χ4n) is 2.53. The molecule has 0 aliphatic rings. The number of nitrogens with zero attached hydrogens (tertiary/aromatic N) is 2. The van der Waals surface area contributed by atoms with Crippen LogP contribution in [-0.4, -0.2) is 15.9 Å². The molecule has 4 nitrogen and oxygen atoms in total. The van der Waals surface area contributed by atoms with Crippen molar-refractivity contribution in [1.29, 1.82) is 0 Å². The highest BCUT2D eigenvalue weighted by Crippen LogP contribution is 2.22. The first-order valence-corrected chi connectivity index (χ1v) is 8.22. The lowest BCUT2D eigenvalue weighted by molar-refractivity contribution is -0.117. The van der Waals surface area contributed by atoms with Crippen molar-refractivity contribution in [3.63, 3.8) is 0 Å². The van der Waals surface area contributed by atoms with Gasteiger partial charge in [0.25, 0.3) is 0 Å². The van der Waals surface area contributed by atoms with E-state index in [-0.39, 0.29) is 11.9 Å². The van der Waals surface area contributed by atoms with Crippen LogP contribution in [0.4, 0.5) is 4.39 Å². The van der Waals surface area contributed by atoms with Gasteiger partial charge < -0.3 is 5.32 Å². The molecule has 1 atom stereocenters. The summed E-state index contributed by atoms with van der Waals surface area (Å²) < 4.78 is 13.0. The molecular weight excluding hydrogens is 329 g/mol. The molecule has 130 valence electrons. The van der Waals surface area contributed by atoms with Gasteiger partial charge in [0.1, 0.15) is 0 Å². The van der Waals surface area contributed by atoms with Gasteiger partial charge >= 0.3 is 0 Å². The number of hydrogen-bond acceptors (Lipinski definition) is 3. The summed E-state index contributed by atoms with van der Waals surface area (Å²) in [4.78, 5) is 19.7. The van der Waals surface area contributed by atoms with Crippen LogP contribution in [0, 0.1) is 5.95 Å². The lowest BCUT2D eigenvalue weighted by Crippen LogP contribution is -2.24. The number of amides is 1. The second-order valence-electron chi connectivity index (χ2n) is 5.84. The summed E-state index contributed by atoms with van der Waals surface area (Å²) in [6.45, 7) is 1.92. The summed E-state index contributed by atoms with van der Waals surface area (Å²) in [5.74, 6) is -0.685. The third kappa shape index (κ3) is 4.60. The molecule has 3 aromatic rings. The van der Waals surface area contributed by atoms with E-state index in [0.29, 0.717) is 0 Å². The normalized spacial score (nSPS) is 12.1. The maximum Gasteiger partial charge on any atom is 0.244 e. The van der Waals surface area contributed by atoms with Crippen LogP contribution in [0.3, 0.4) is 0 Å². The zero-order valence-electron chi connectivity index (χ0n) is 14.3. The zero-order valence-corrected chi connectivity index (χ0v) is 14.3. The van der Waals surface area contributed by atoms with Gasteiger partial charge in [0.2, 0.25) is 11.9 Å². The molecule has 26 heavy (non-hydrogen) atoms. The van der Waals surface area contributed by atoms with Crippen LogP contribution in [0.1, 0.15) is 24.1 Å². The standard InChI is InChI=1S/C21H18FN3O/c1-15(25-21(26)8-5-16-9-11-23-12-10-16)17-3-2-4-18(13-17)19-6-7-20(22)24-14-19/h2-15H,1H3,(H,25,26)/b8-5-/t15-/m0/s1. The Morgan fingerprint density at radius 1 is 1.12 bits per heavy atom. The molecule has 1 N–H and O–H groups in total. The predicted octanol–water partition coefficient (Wildman–Crippen LogP) is 4.17. The van der Waals surface area contributed by atoms with Gasteiger partial charge in [-0.3, -0.25) is 9.78 Å². The summed E-state index contributed by atoms with van der Waals surface area (Å²) in [6, 6.07) is 14.2. The number of rotatable bonds is 5. The maximum absolute atomic E-state index is 13.0. The van der Waals surface area contributed by atoms with Crippen LogP contribution in [0.2, 0.25) is 0 Å². The van der Waals surface area contributed by atoms with Crippen LogP contribution < -0.4 is 5.32 Å². The van der Waals surface area contributed by atoms with Crippen molar-refractivity contribution < 1.29 is 9.18 Å². The van der Waals surface area contributed by atoms with Crippen LogP contribution in [-0.2, 0) is 4.79 Å². The second-order valence-corrected chi connectivity index (χ2v) is 5.84. The van der Waals surface area contributed by atoms with Crippen molar-refractivity contribution >= 4 is 12.0 Å². The van der Waals surface area contributed by atoms with Crippen molar-refractivity contribution in [2.24, 2.45) is 0 Å². The Morgan fingerprint density at radius 3 is 2.65 bits per heavy atom. The molecule has 0 unspecified atom stereocenters. The Morgan fingerprint density at radius 2 is 1.92 bits per heavy atom. The van der Waals surface area contributed by atoms with Crippen molar-refractivity contribution in [3.8, 4) is 11.1 Å². The molecule has 2 aromatic heterocycles. The lowest BCUT2D eigenvalue weighted by Gasteiger charge is -2.14. The van der Waals surface area contributed by atoms with E-state index < -0.39 is 5.95 Å². The number of pyridine rings is 2. The van der Waals surface area contributed by atoms with Crippen LogP contribution in [0.25, 0.3) is 17.2 Å². The van der Waals surface area contributed by atoms with Crippen molar-refractivity contribution in [2.75, 3.05) is 0 Å². The maximum atomic E-state index is 13.0. The Labute approximate surface area is 151 Å². The second kappa shape index (κ2) is 8.16. The first-order chi connectivity index (χ1) is 12.6. The van der Waals surface area contributed by atoms with Gasteiger partial charge in [-0.05, 0) is 60.0 Å². The van der Waals surface area contributed by atoms with Gasteiger partial charge in [-0.15, -0.1) is 0 Å². The van der Waals surface area contributed by atoms with Crippen molar-refractivity contribution in [1.82, 2.24) is 15.3 Å². The Kier molecular flexibility index (Phi) is 5.49. The predicted molar refractivity (Wildman–Crippen MR) is 99.5 cm³/mol. The Balaban J connectivity index is 1.69. The fourth-order valence-corrected chi connectivity index (χ4v) is 2.53. The van der Waals surface area contributed by atoms with Gasteiger partial charge in [-0.2, -0.15) is 4.39 Å². The number of carbonyl (C=O) groups is 1. The SMILES string of the molecule is C[C@H](NC(=O)/C=C\c1ccncc1)c1cccc(-c2ccc(F)nc2)c1. The minimum Gasteiger partial charge on any atom is -0.346 e. The lowest BCUT2D eigenvalue weighted by atomic mass is 10.0. The average molecular weight is 347 g/mol. The zero-order chi connectivity index (χ0) is 18.4. The molecule has 1 amide bonds. The van der Waals surface area contributed by atoms with E-state index in [1.54, 1.807) is 24.5 Å². The number of carbonyl (C=O) groups excluding carboxylic acids is 1. The number of hydrogen-bond donors (Lipinski definition) is 1. The monoisotopic (exact) mass is 347 g/mol. The molecule has 0 aliphatic carbocycles. The van der Waals surface area contributed by atoms with E-state index in [1.165, 1.54) is 18.3 Å². The topological polar surface area (TPSA) is 54.9 Å². The molecule has 3 rings (SSSR count). The Hall–Kier alpha value is -3.34. The van der Waals surface area contributed by atoms with Crippen LogP contribution >= 0.6 is 0 Å². The molecule has 0 radical (unpaired) electrons. The van der Waals surface area contributed by atoms with Crippen molar-refractivity contribution in [3.05, 3.63) is 90.3 Å². The molecule has 2 heterocycles. The highest BCUT2D eigenvalue weighted by molar-refractivity contribution is 5.91. The third-order valence-corrected chi connectivity index (χ3v) is 3.94. The van der Waals surface area contributed by atoms with E-state index in [2.05, 4.69) is 15.3 Å². The van der Waals surface area contributed by atoms with Crippen LogP contribution in [0.5, 0.6) is 0 Å². The van der Waals surface area contributed by atoms with E-state index in [4.69, 9.17) is 0 Å². The van der Waals surface area contributed by atoms with Gasteiger partial charge in [0.05, 0.1) is 6.04 Å². The summed E-state index contributed by atoms with van der Waals surface area (Å²) in [5, 5.41) is 2.94. The smallest absolute Gasteiger partial charge is 0.244 e. The average Bonchev–Trinajstić information content (AvgIpc) is 2.68. The van der Waals surface area contributed by atoms with Gasteiger partial charge in [0, 0.05) is 30.2 Å². The first kappa shape index (κ1) is 17.5. The molecular formula is C21H18FN3O. The molecule has 0 fully saturated rings. The number of halogens is 1. The first-order valence-electron chi connectivity index (χ1n) is 8.22. The number of benzene rings is 1. The minimum absolute atomic E-state index is 0.169. The summed E-state index contributed by atoms with van der Waals surface area (Å²) in [6.07, 6.45) is 8.09. The highest BCUT2D eigenvalue weighted by Gasteiger charge is 2.09.